The van der Waals surface area contributed by atoms with E-state index in [2.05, 4.69) is 82.3 Å². The number of amides is 2. The van der Waals surface area contributed by atoms with Gasteiger partial charge in [-0.05, 0) is 70.7 Å². The number of benzene rings is 3. The smallest absolute Gasteiger partial charge is 0.261 e. The van der Waals surface area contributed by atoms with E-state index >= 15 is 0 Å². The van der Waals surface area contributed by atoms with Crippen molar-refractivity contribution in [2.24, 2.45) is 0 Å². The normalized spacial score (nSPS) is 13.8. The Morgan fingerprint density at radius 1 is 0.750 bits per heavy atom. The van der Waals surface area contributed by atoms with Crippen LogP contribution in [-0.2, 0) is 13.0 Å². The molecule has 0 unspecified atom stereocenters. The van der Waals surface area contributed by atoms with Crippen molar-refractivity contribution < 1.29 is 14.3 Å². The fraction of sp³-hybridized carbons (Fsp3) is 0.353. The van der Waals surface area contributed by atoms with Gasteiger partial charge in [0.15, 0.2) is 8.24 Å². The summed E-state index contributed by atoms with van der Waals surface area (Å²) < 4.78 is 8.84. The standard InChI is InChI=1S/C34H40N2O3Si/c1-23(2)40(24(3)4,25(5)6)36-21-27(18-19-35-33(37)29-14-10-11-15-30(29)34(35)38)31-20-28(16-17-32(31)36)39-22-26-12-8-7-9-13-26/h7-17,20-21,23-25H,18-19,22H2,1-6H3. The van der Waals surface area contributed by atoms with E-state index in [0.29, 0.717) is 47.3 Å². The van der Waals surface area contributed by atoms with E-state index in [1.54, 1.807) is 12.1 Å². The molecule has 1 aliphatic rings. The van der Waals surface area contributed by atoms with Gasteiger partial charge in [-0.1, -0.05) is 84.0 Å². The number of imide groups is 1. The van der Waals surface area contributed by atoms with Crippen molar-refractivity contribution in [2.45, 2.75) is 71.2 Å². The number of carbonyl (C=O) groups excluding carboxylic acids is 2. The average molecular weight is 553 g/mol. The Hall–Kier alpha value is -3.64. The Balaban J connectivity index is 1.54. The molecule has 0 atom stereocenters. The minimum atomic E-state index is -2.05. The first kappa shape index (κ1) is 27.9. The molecule has 2 heterocycles. The van der Waals surface area contributed by atoms with Crippen molar-refractivity contribution in [1.82, 2.24) is 9.13 Å². The monoisotopic (exact) mass is 552 g/mol. The molecule has 0 bridgehead atoms. The zero-order valence-corrected chi connectivity index (χ0v) is 25.5. The van der Waals surface area contributed by atoms with Crippen LogP contribution < -0.4 is 4.74 Å². The zero-order valence-electron chi connectivity index (χ0n) is 24.5. The predicted octanol–water partition coefficient (Wildman–Crippen LogP) is 8.08. The van der Waals surface area contributed by atoms with E-state index in [9.17, 15) is 9.59 Å². The number of ether oxygens (including phenoxy) is 1. The lowest BCUT2D eigenvalue weighted by molar-refractivity contribution is 0.0656. The van der Waals surface area contributed by atoms with Gasteiger partial charge in [-0.15, -0.1) is 0 Å². The quantitative estimate of drug-likeness (QED) is 0.148. The molecule has 208 valence electrons. The summed E-state index contributed by atoms with van der Waals surface area (Å²) in [5, 5.41) is 1.14. The Morgan fingerprint density at radius 3 is 1.90 bits per heavy atom. The number of carbonyl (C=O) groups is 2. The summed E-state index contributed by atoms with van der Waals surface area (Å²) in [6.07, 6.45) is 2.92. The molecule has 0 radical (unpaired) electrons. The van der Waals surface area contributed by atoms with Crippen molar-refractivity contribution in [1.29, 1.82) is 0 Å². The van der Waals surface area contributed by atoms with E-state index < -0.39 is 8.24 Å². The van der Waals surface area contributed by atoms with Crippen LogP contribution >= 0.6 is 0 Å². The third kappa shape index (κ3) is 4.68. The van der Waals surface area contributed by atoms with Crippen molar-refractivity contribution in [2.75, 3.05) is 6.54 Å². The first-order valence-electron chi connectivity index (χ1n) is 14.4. The van der Waals surface area contributed by atoms with Crippen LogP contribution in [0.2, 0.25) is 16.6 Å². The van der Waals surface area contributed by atoms with E-state index in [-0.39, 0.29) is 11.8 Å². The van der Waals surface area contributed by atoms with Crippen LogP contribution in [0.1, 0.15) is 73.4 Å². The maximum Gasteiger partial charge on any atom is 0.261 e. The minimum absolute atomic E-state index is 0.202. The molecule has 0 fully saturated rings. The van der Waals surface area contributed by atoms with Crippen LogP contribution in [0.3, 0.4) is 0 Å². The van der Waals surface area contributed by atoms with Crippen molar-refractivity contribution in [3.05, 3.63) is 101 Å². The second-order valence-electron chi connectivity index (χ2n) is 11.9. The maximum absolute atomic E-state index is 13.1. The third-order valence-corrected chi connectivity index (χ3v) is 15.5. The minimum Gasteiger partial charge on any atom is -0.489 e. The molecule has 1 aromatic heterocycles. The van der Waals surface area contributed by atoms with Crippen LogP contribution in [0.15, 0.2) is 79.0 Å². The van der Waals surface area contributed by atoms with Gasteiger partial charge >= 0.3 is 0 Å². The molecule has 5 nitrogen and oxygen atoms in total. The van der Waals surface area contributed by atoms with Gasteiger partial charge in [0.1, 0.15) is 12.4 Å². The van der Waals surface area contributed by atoms with Crippen LogP contribution in [-0.4, -0.2) is 35.7 Å². The molecule has 3 aromatic carbocycles. The third-order valence-electron chi connectivity index (χ3n) is 8.78. The predicted molar refractivity (Wildman–Crippen MR) is 165 cm³/mol. The summed E-state index contributed by atoms with van der Waals surface area (Å²) in [5.41, 5.74) is 6.07. The van der Waals surface area contributed by atoms with Crippen LogP contribution in [0.5, 0.6) is 5.75 Å². The van der Waals surface area contributed by atoms with Crippen molar-refractivity contribution in [3.8, 4) is 5.75 Å². The van der Waals surface area contributed by atoms with Crippen LogP contribution in [0, 0.1) is 0 Å². The van der Waals surface area contributed by atoms with E-state index in [1.807, 2.05) is 30.3 Å². The number of hydrogen-bond donors (Lipinski definition) is 0. The second-order valence-corrected chi connectivity index (χ2v) is 17.6. The highest BCUT2D eigenvalue weighted by molar-refractivity contribution is 6.82. The largest absolute Gasteiger partial charge is 0.489 e. The summed E-state index contributed by atoms with van der Waals surface area (Å²) in [5.74, 6) is 0.417. The number of aromatic nitrogens is 1. The molecule has 0 saturated heterocycles. The lowest BCUT2D eigenvalue weighted by Crippen LogP contribution is -2.51. The van der Waals surface area contributed by atoms with Gasteiger partial charge in [0.25, 0.3) is 11.8 Å². The molecule has 2 amide bonds. The second kappa shape index (κ2) is 11.1. The molecule has 0 spiro atoms. The van der Waals surface area contributed by atoms with Crippen molar-refractivity contribution >= 4 is 31.0 Å². The van der Waals surface area contributed by atoms with Gasteiger partial charge in [-0.3, -0.25) is 14.5 Å². The summed E-state index contributed by atoms with van der Waals surface area (Å²) >= 11 is 0. The number of fused-ring (bicyclic) bond motifs is 2. The number of rotatable bonds is 10. The first-order valence-corrected chi connectivity index (χ1v) is 16.6. The van der Waals surface area contributed by atoms with Gasteiger partial charge < -0.3 is 8.97 Å². The van der Waals surface area contributed by atoms with Gasteiger partial charge in [0.05, 0.1) is 11.1 Å². The van der Waals surface area contributed by atoms with E-state index in [4.69, 9.17) is 4.74 Å². The zero-order chi connectivity index (χ0) is 28.6. The van der Waals surface area contributed by atoms with Gasteiger partial charge in [0.2, 0.25) is 0 Å². The molecule has 4 aromatic rings. The highest BCUT2D eigenvalue weighted by Crippen LogP contribution is 2.45. The first-order chi connectivity index (χ1) is 19.2. The fourth-order valence-electron chi connectivity index (χ4n) is 7.14. The van der Waals surface area contributed by atoms with Crippen molar-refractivity contribution in [3.63, 3.8) is 0 Å². The molecular weight excluding hydrogens is 512 g/mol. The Labute approximate surface area is 238 Å². The van der Waals surface area contributed by atoms with Gasteiger partial charge in [0, 0.05) is 17.4 Å². The molecule has 6 heteroatoms. The SMILES string of the molecule is CC(C)[Si](C(C)C)(C(C)C)n1cc(CCN2C(=O)c3ccccc3C2=O)c2cc(OCc3ccccc3)ccc21. The van der Waals surface area contributed by atoms with E-state index in [1.165, 1.54) is 10.4 Å². The Kier molecular flexibility index (Phi) is 7.73. The highest BCUT2D eigenvalue weighted by atomic mass is 28.3. The summed E-state index contributed by atoms with van der Waals surface area (Å²) in [7, 11) is -2.05. The Morgan fingerprint density at radius 2 is 1.32 bits per heavy atom. The lowest BCUT2D eigenvalue weighted by Gasteiger charge is -2.44. The molecule has 5 rings (SSSR count). The lowest BCUT2D eigenvalue weighted by atomic mass is 10.1. The van der Waals surface area contributed by atoms with Crippen LogP contribution in [0.4, 0.5) is 0 Å². The molecule has 0 aliphatic carbocycles. The topological polar surface area (TPSA) is 51.5 Å². The summed E-state index contributed by atoms with van der Waals surface area (Å²) in [4.78, 5) is 27.6. The number of nitrogens with zero attached hydrogens (tertiary/aromatic N) is 2. The summed E-state index contributed by atoms with van der Waals surface area (Å²) in [6.45, 7) is 15.1. The number of hydrogen-bond acceptors (Lipinski definition) is 3. The highest BCUT2D eigenvalue weighted by Gasteiger charge is 2.46. The maximum atomic E-state index is 13.1. The summed E-state index contributed by atoms with van der Waals surface area (Å²) in [6, 6.07) is 23.7. The molecule has 0 N–H and O–H groups in total. The molecule has 1 aliphatic heterocycles. The average Bonchev–Trinajstić information content (AvgIpc) is 3.41. The fourth-order valence-corrected chi connectivity index (χ4v) is 13.8. The molecule has 0 saturated carbocycles. The van der Waals surface area contributed by atoms with E-state index in [0.717, 1.165) is 22.3 Å². The Bertz CT molecular complexity index is 1480. The van der Waals surface area contributed by atoms with Gasteiger partial charge in [-0.25, -0.2) is 0 Å². The van der Waals surface area contributed by atoms with Crippen LogP contribution in [0.25, 0.3) is 10.9 Å². The molecule has 40 heavy (non-hydrogen) atoms. The molecular formula is C34H40N2O3Si. The van der Waals surface area contributed by atoms with Gasteiger partial charge in [-0.2, -0.15) is 0 Å².